The summed E-state index contributed by atoms with van der Waals surface area (Å²) >= 11 is 0. The predicted octanol–water partition coefficient (Wildman–Crippen LogP) is 1.37. The zero-order valence-electron chi connectivity index (χ0n) is 12.1. The van der Waals surface area contributed by atoms with E-state index in [4.69, 9.17) is 4.74 Å². The van der Waals surface area contributed by atoms with Crippen molar-refractivity contribution in [1.29, 1.82) is 0 Å². The van der Waals surface area contributed by atoms with Gasteiger partial charge in [-0.2, -0.15) is 5.10 Å². The highest BCUT2D eigenvalue weighted by Gasteiger charge is 2.30. The van der Waals surface area contributed by atoms with Crippen molar-refractivity contribution < 1.29 is 18.3 Å². The zero-order valence-corrected chi connectivity index (χ0v) is 12.1. The molecule has 0 bridgehead atoms. The molecule has 0 aliphatic carbocycles. The SMILES string of the molecule is O=C(NCc1cc(F)ccc1F)N1CCOC[C@@H]1c1ncn[nH]1. The molecular formula is C14H15F2N5O2. The quantitative estimate of drug-likeness (QED) is 0.893. The van der Waals surface area contributed by atoms with Gasteiger partial charge in [-0.1, -0.05) is 0 Å². The van der Waals surface area contributed by atoms with Crippen molar-refractivity contribution in [2.45, 2.75) is 12.6 Å². The number of aromatic amines is 1. The minimum absolute atomic E-state index is 0.0859. The fraction of sp³-hybridized carbons (Fsp3) is 0.357. The molecule has 23 heavy (non-hydrogen) atoms. The minimum Gasteiger partial charge on any atom is -0.377 e. The fourth-order valence-corrected chi connectivity index (χ4v) is 2.40. The van der Waals surface area contributed by atoms with E-state index in [1.807, 2.05) is 0 Å². The Labute approximate surface area is 130 Å². The first-order chi connectivity index (χ1) is 11.1. The van der Waals surface area contributed by atoms with Gasteiger partial charge >= 0.3 is 6.03 Å². The maximum Gasteiger partial charge on any atom is 0.318 e. The van der Waals surface area contributed by atoms with Crippen LogP contribution in [0.4, 0.5) is 13.6 Å². The van der Waals surface area contributed by atoms with Crippen LogP contribution in [0.2, 0.25) is 0 Å². The Bertz CT molecular complexity index is 680. The average Bonchev–Trinajstić information content (AvgIpc) is 3.10. The molecule has 2 amide bonds. The summed E-state index contributed by atoms with van der Waals surface area (Å²) in [5, 5.41) is 9.07. The van der Waals surface area contributed by atoms with Crippen LogP contribution in [0.3, 0.4) is 0 Å². The molecule has 1 aliphatic heterocycles. The van der Waals surface area contributed by atoms with Crippen molar-refractivity contribution in [3.05, 3.63) is 47.5 Å². The van der Waals surface area contributed by atoms with Gasteiger partial charge in [0.25, 0.3) is 0 Å². The number of nitrogens with zero attached hydrogens (tertiary/aromatic N) is 3. The molecule has 1 aliphatic rings. The molecule has 3 rings (SSSR count). The van der Waals surface area contributed by atoms with Crippen LogP contribution in [0.15, 0.2) is 24.5 Å². The lowest BCUT2D eigenvalue weighted by molar-refractivity contribution is 0.00864. The molecular weight excluding hydrogens is 308 g/mol. The highest BCUT2D eigenvalue weighted by molar-refractivity contribution is 5.74. The van der Waals surface area contributed by atoms with Crippen LogP contribution >= 0.6 is 0 Å². The van der Waals surface area contributed by atoms with Gasteiger partial charge in [0.15, 0.2) is 0 Å². The Hall–Kier alpha value is -2.55. The Morgan fingerprint density at radius 3 is 3.13 bits per heavy atom. The van der Waals surface area contributed by atoms with Gasteiger partial charge in [-0.3, -0.25) is 5.10 Å². The lowest BCUT2D eigenvalue weighted by atomic mass is 10.2. The third-order valence-electron chi connectivity index (χ3n) is 3.58. The zero-order chi connectivity index (χ0) is 16.2. The molecule has 1 atom stereocenters. The summed E-state index contributed by atoms with van der Waals surface area (Å²) in [4.78, 5) is 17.9. The summed E-state index contributed by atoms with van der Waals surface area (Å²) < 4.78 is 32.1. The number of halogens is 2. The molecule has 9 heteroatoms. The number of amides is 2. The van der Waals surface area contributed by atoms with E-state index >= 15 is 0 Å². The van der Waals surface area contributed by atoms with Crippen LogP contribution in [0, 0.1) is 11.6 Å². The molecule has 0 saturated carbocycles. The monoisotopic (exact) mass is 323 g/mol. The van der Waals surface area contributed by atoms with Crippen molar-refractivity contribution in [3.8, 4) is 0 Å². The van der Waals surface area contributed by atoms with Crippen molar-refractivity contribution in [2.75, 3.05) is 19.8 Å². The maximum absolute atomic E-state index is 13.6. The van der Waals surface area contributed by atoms with E-state index in [0.29, 0.717) is 19.0 Å². The van der Waals surface area contributed by atoms with Crippen molar-refractivity contribution >= 4 is 6.03 Å². The Morgan fingerprint density at radius 2 is 2.35 bits per heavy atom. The van der Waals surface area contributed by atoms with Crippen LogP contribution in [0.5, 0.6) is 0 Å². The van der Waals surface area contributed by atoms with E-state index in [1.54, 1.807) is 0 Å². The molecule has 2 heterocycles. The Kier molecular flexibility index (Phi) is 4.47. The Balaban J connectivity index is 1.67. The second kappa shape index (κ2) is 6.69. The molecule has 0 unspecified atom stereocenters. The number of carbonyl (C=O) groups excluding carboxylic acids is 1. The summed E-state index contributed by atoms with van der Waals surface area (Å²) in [6.45, 7) is 0.940. The number of nitrogens with one attached hydrogen (secondary N) is 2. The topological polar surface area (TPSA) is 83.1 Å². The van der Waals surface area contributed by atoms with Gasteiger partial charge in [0.2, 0.25) is 0 Å². The first-order valence-corrected chi connectivity index (χ1v) is 7.06. The normalized spacial score (nSPS) is 18.0. The second-order valence-corrected chi connectivity index (χ2v) is 5.05. The number of hydrogen-bond acceptors (Lipinski definition) is 4. The molecule has 1 fully saturated rings. The van der Waals surface area contributed by atoms with Gasteiger partial charge in [0, 0.05) is 18.7 Å². The van der Waals surface area contributed by atoms with Gasteiger partial charge in [-0.25, -0.2) is 18.6 Å². The number of rotatable bonds is 3. The number of hydrogen-bond donors (Lipinski definition) is 2. The smallest absolute Gasteiger partial charge is 0.318 e. The predicted molar refractivity (Wildman–Crippen MR) is 75.2 cm³/mol. The van der Waals surface area contributed by atoms with Crippen LogP contribution in [-0.4, -0.2) is 45.9 Å². The van der Waals surface area contributed by atoms with Crippen LogP contribution in [0.1, 0.15) is 17.4 Å². The standard InChI is InChI=1S/C14H15F2N5O2/c15-10-1-2-11(16)9(5-10)6-17-14(22)21-3-4-23-7-12(21)13-18-8-19-20-13/h1-2,5,8,12H,3-4,6-7H2,(H,17,22)(H,18,19,20)/t12-/m1/s1. The molecule has 1 saturated heterocycles. The van der Waals surface area contributed by atoms with Gasteiger partial charge < -0.3 is 15.0 Å². The van der Waals surface area contributed by atoms with E-state index in [1.165, 1.54) is 11.2 Å². The summed E-state index contributed by atoms with van der Waals surface area (Å²) in [5.74, 6) is -0.612. The van der Waals surface area contributed by atoms with Crippen molar-refractivity contribution in [1.82, 2.24) is 25.4 Å². The Morgan fingerprint density at radius 1 is 1.48 bits per heavy atom. The third kappa shape index (κ3) is 3.45. The van der Waals surface area contributed by atoms with Crippen LogP contribution in [0.25, 0.3) is 0 Å². The number of benzene rings is 1. The summed E-state index contributed by atoms with van der Waals surface area (Å²) in [6, 6.07) is 2.32. The molecule has 2 N–H and O–H groups in total. The molecule has 7 nitrogen and oxygen atoms in total. The van der Waals surface area contributed by atoms with E-state index in [-0.39, 0.29) is 18.7 Å². The number of carbonyl (C=O) groups is 1. The molecule has 0 radical (unpaired) electrons. The van der Waals surface area contributed by atoms with Gasteiger partial charge in [-0.05, 0) is 18.2 Å². The van der Waals surface area contributed by atoms with E-state index in [9.17, 15) is 13.6 Å². The third-order valence-corrected chi connectivity index (χ3v) is 3.58. The maximum atomic E-state index is 13.6. The summed E-state index contributed by atoms with van der Waals surface area (Å²) in [6.07, 6.45) is 1.35. The average molecular weight is 323 g/mol. The van der Waals surface area contributed by atoms with Gasteiger partial charge in [0.05, 0.1) is 13.2 Å². The van der Waals surface area contributed by atoms with E-state index in [0.717, 1.165) is 18.2 Å². The molecule has 2 aromatic rings. The van der Waals surface area contributed by atoms with E-state index < -0.39 is 23.7 Å². The highest BCUT2D eigenvalue weighted by Crippen LogP contribution is 2.21. The van der Waals surface area contributed by atoms with Gasteiger partial charge in [-0.15, -0.1) is 0 Å². The number of morpholine rings is 1. The number of ether oxygens (including phenoxy) is 1. The first-order valence-electron chi connectivity index (χ1n) is 7.06. The number of H-pyrrole nitrogens is 1. The molecule has 122 valence electrons. The largest absolute Gasteiger partial charge is 0.377 e. The molecule has 1 aromatic heterocycles. The lowest BCUT2D eigenvalue weighted by Gasteiger charge is -2.34. The minimum atomic E-state index is -0.569. The van der Waals surface area contributed by atoms with Crippen LogP contribution < -0.4 is 5.32 Å². The summed E-state index contributed by atoms with van der Waals surface area (Å²) in [5.41, 5.74) is 0.0859. The van der Waals surface area contributed by atoms with Gasteiger partial charge in [0.1, 0.15) is 29.8 Å². The second-order valence-electron chi connectivity index (χ2n) is 5.05. The number of urea groups is 1. The highest BCUT2D eigenvalue weighted by atomic mass is 19.1. The number of aromatic nitrogens is 3. The molecule has 1 aromatic carbocycles. The fourth-order valence-electron chi connectivity index (χ4n) is 2.40. The van der Waals surface area contributed by atoms with E-state index in [2.05, 4.69) is 20.5 Å². The lowest BCUT2D eigenvalue weighted by Crippen LogP contribution is -2.48. The van der Waals surface area contributed by atoms with Crippen molar-refractivity contribution in [2.24, 2.45) is 0 Å². The molecule has 0 spiro atoms. The van der Waals surface area contributed by atoms with Crippen molar-refractivity contribution in [3.63, 3.8) is 0 Å². The summed E-state index contributed by atoms with van der Waals surface area (Å²) in [7, 11) is 0. The first kappa shape index (κ1) is 15.3. The van der Waals surface area contributed by atoms with Crippen LogP contribution in [-0.2, 0) is 11.3 Å².